The zero-order chi connectivity index (χ0) is 12.0. The van der Waals surface area contributed by atoms with Crippen molar-refractivity contribution >= 4 is 29.1 Å². The first kappa shape index (κ1) is 13.2. The number of anilines is 1. The third kappa shape index (κ3) is 3.62. The highest BCUT2D eigenvalue weighted by Gasteiger charge is 2.06. The molecule has 0 fully saturated rings. The Morgan fingerprint density at radius 1 is 1.56 bits per heavy atom. The van der Waals surface area contributed by atoms with E-state index in [2.05, 4.69) is 24.6 Å². The Bertz CT molecular complexity index is 387. The van der Waals surface area contributed by atoms with Crippen LogP contribution in [0.2, 0.25) is 5.02 Å². The Labute approximate surface area is 106 Å². The summed E-state index contributed by atoms with van der Waals surface area (Å²) < 4.78 is 0. The van der Waals surface area contributed by atoms with Gasteiger partial charge in [-0.15, -0.1) is 0 Å². The van der Waals surface area contributed by atoms with Gasteiger partial charge in [0.15, 0.2) is 0 Å². The van der Waals surface area contributed by atoms with Crippen LogP contribution in [0, 0.1) is 11.3 Å². The molecule has 1 atom stereocenters. The highest BCUT2D eigenvalue weighted by atomic mass is 35.5. The lowest BCUT2D eigenvalue weighted by molar-refractivity contribution is 0.775. The van der Waals surface area contributed by atoms with Gasteiger partial charge in [-0.05, 0) is 30.9 Å². The Kier molecular flexibility index (Phi) is 5.51. The Morgan fingerprint density at radius 2 is 2.31 bits per heavy atom. The Balaban J connectivity index is 2.74. The maximum absolute atomic E-state index is 8.76. The van der Waals surface area contributed by atoms with E-state index in [9.17, 15) is 0 Å². The van der Waals surface area contributed by atoms with E-state index in [1.54, 1.807) is 6.07 Å². The Morgan fingerprint density at radius 3 is 2.81 bits per heavy atom. The summed E-state index contributed by atoms with van der Waals surface area (Å²) in [6.45, 7) is 2.15. The first-order valence-corrected chi connectivity index (χ1v) is 6.93. The minimum absolute atomic E-state index is 0.444. The molecule has 0 spiro atoms. The molecule has 0 radical (unpaired) electrons. The molecule has 0 aliphatic carbocycles. The monoisotopic (exact) mass is 254 g/mol. The van der Waals surface area contributed by atoms with Crippen LogP contribution in [0.3, 0.4) is 0 Å². The smallest absolute Gasteiger partial charge is 0.101 e. The quantitative estimate of drug-likeness (QED) is 0.869. The van der Waals surface area contributed by atoms with Crippen molar-refractivity contribution in [3.63, 3.8) is 0 Å². The summed E-state index contributed by atoms with van der Waals surface area (Å²) in [4.78, 5) is 0. The zero-order valence-corrected chi connectivity index (χ0v) is 11.0. The number of hydrogen-bond acceptors (Lipinski definition) is 3. The molecule has 0 saturated heterocycles. The van der Waals surface area contributed by atoms with Crippen molar-refractivity contribution in [1.82, 2.24) is 0 Å². The second-order valence-corrected chi connectivity index (χ2v) is 4.83. The molecule has 1 unspecified atom stereocenters. The number of rotatable bonds is 5. The number of nitriles is 1. The van der Waals surface area contributed by atoms with Gasteiger partial charge in [0.25, 0.3) is 0 Å². The molecule has 0 saturated carbocycles. The van der Waals surface area contributed by atoms with Crippen molar-refractivity contribution in [3.8, 4) is 6.07 Å². The largest absolute Gasteiger partial charge is 0.381 e. The summed E-state index contributed by atoms with van der Waals surface area (Å²) in [5, 5.41) is 12.7. The van der Waals surface area contributed by atoms with E-state index in [1.807, 2.05) is 23.9 Å². The van der Waals surface area contributed by atoms with E-state index in [1.165, 1.54) is 0 Å². The minimum atomic E-state index is 0.444. The second kappa shape index (κ2) is 6.67. The fourth-order valence-corrected chi connectivity index (χ4v) is 2.34. The summed E-state index contributed by atoms with van der Waals surface area (Å²) in [6.07, 6.45) is 3.16. The molecule has 1 rings (SSSR count). The Hall–Kier alpha value is -0.850. The van der Waals surface area contributed by atoms with Crippen LogP contribution < -0.4 is 5.32 Å². The third-order valence-electron chi connectivity index (χ3n) is 2.32. The molecular weight excluding hydrogens is 240 g/mol. The first-order chi connectivity index (χ1) is 7.71. The molecule has 0 amide bonds. The van der Waals surface area contributed by atoms with E-state index in [4.69, 9.17) is 16.9 Å². The van der Waals surface area contributed by atoms with Crippen LogP contribution in [-0.4, -0.2) is 18.1 Å². The molecule has 2 nitrogen and oxygen atoms in total. The van der Waals surface area contributed by atoms with Crippen LogP contribution in [0.1, 0.15) is 18.9 Å². The third-order valence-corrected chi connectivity index (χ3v) is 3.37. The van der Waals surface area contributed by atoms with Gasteiger partial charge >= 0.3 is 0 Å². The van der Waals surface area contributed by atoms with E-state index in [0.717, 1.165) is 17.9 Å². The van der Waals surface area contributed by atoms with Gasteiger partial charge in [0.05, 0.1) is 10.6 Å². The van der Waals surface area contributed by atoms with Gasteiger partial charge < -0.3 is 5.32 Å². The van der Waals surface area contributed by atoms with Crippen molar-refractivity contribution in [2.75, 3.05) is 17.3 Å². The lowest BCUT2D eigenvalue weighted by Crippen LogP contribution is -2.20. The number of nitrogens with one attached hydrogen (secondary N) is 1. The number of benzene rings is 1. The normalized spacial score (nSPS) is 11.9. The molecule has 0 bridgehead atoms. The van der Waals surface area contributed by atoms with Gasteiger partial charge in [0.2, 0.25) is 0 Å². The van der Waals surface area contributed by atoms with Gasteiger partial charge in [-0.2, -0.15) is 17.0 Å². The molecule has 4 heteroatoms. The maximum atomic E-state index is 8.76. The second-order valence-electron chi connectivity index (χ2n) is 3.51. The number of halogens is 1. The fraction of sp³-hybridized carbons (Fsp3) is 0.417. The molecule has 86 valence electrons. The van der Waals surface area contributed by atoms with Crippen molar-refractivity contribution in [2.24, 2.45) is 0 Å². The van der Waals surface area contributed by atoms with Crippen molar-refractivity contribution in [3.05, 3.63) is 28.8 Å². The standard InChI is InChI=1S/C12H15ClN2S/c1-3-10(8-16-2)15-11-5-4-9(7-14)12(13)6-11/h4-6,10,15H,3,8H2,1-2H3. The van der Waals surface area contributed by atoms with Crippen molar-refractivity contribution < 1.29 is 0 Å². The van der Waals surface area contributed by atoms with Crippen LogP contribution in [0.4, 0.5) is 5.69 Å². The topological polar surface area (TPSA) is 35.8 Å². The van der Waals surface area contributed by atoms with Gasteiger partial charge in [0.1, 0.15) is 6.07 Å². The molecular formula is C12H15ClN2S. The number of thioether (sulfide) groups is 1. The summed E-state index contributed by atoms with van der Waals surface area (Å²) in [6, 6.07) is 7.95. The van der Waals surface area contributed by atoms with E-state index in [-0.39, 0.29) is 0 Å². The summed E-state index contributed by atoms with van der Waals surface area (Å²) in [7, 11) is 0. The zero-order valence-electron chi connectivity index (χ0n) is 9.46. The molecule has 0 aliphatic heterocycles. The van der Waals surface area contributed by atoms with Crippen molar-refractivity contribution in [1.29, 1.82) is 5.26 Å². The SMILES string of the molecule is CCC(CSC)Nc1ccc(C#N)c(Cl)c1. The van der Waals surface area contributed by atoms with Crippen LogP contribution in [-0.2, 0) is 0 Å². The molecule has 16 heavy (non-hydrogen) atoms. The average Bonchev–Trinajstić information content (AvgIpc) is 2.28. The predicted octanol–water partition coefficient (Wildman–Crippen LogP) is 3.77. The highest BCUT2D eigenvalue weighted by Crippen LogP contribution is 2.21. The highest BCUT2D eigenvalue weighted by molar-refractivity contribution is 7.98. The summed E-state index contributed by atoms with van der Waals surface area (Å²) >= 11 is 7.78. The first-order valence-electron chi connectivity index (χ1n) is 5.16. The molecule has 0 aromatic heterocycles. The lowest BCUT2D eigenvalue weighted by atomic mass is 10.2. The van der Waals surface area contributed by atoms with Gasteiger partial charge in [-0.25, -0.2) is 0 Å². The van der Waals surface area contributed by atoms with E-state index < -0.39 is 0 Å². The van der Waals surface area contributed by atoms with E-state index >= 15 is 0 Å². The summed E-state index contributed by atoms with van der Waals surface area (Å²) in [5.41, 5.74) is 1.50. The molecule has 0 aliphatic rings. The van der Waals surface area contributed by atoms with Crippen molar-refractivity contribution in [2.45, 2.75) is 19.4 Å². The molecule has 1 N–H and O–H groups in total. The predicted molar refractivity (Wildman–Crippen MR) is 72.3 cm³/mol. The van der Waals surface area contributed by atoms with E-state index in [0.29, 0.717) is 16.6 Å². The van der Waals surface area contributed by atoms with Crippen LogP contribution in [0.5, 0.6) is 0 Å². The maximum Gasteiger partial charge on any atom is 0.101 e. The number of nitrogens with zero attached hydrogens (tertiary/aromatic N) is 1. The van der Waals surface area contributed by atoms with Gasteiger partial charge in [-0.1, -0.05) is 18.5 Å². The fourth-order valence-electron chi connectivity index (χ4n) is 1.39. The summed E-state index contributed by atoms with van der Waals surface area (Å²) in [5.74, 6) is 1.06. The average molecular weight is 255 g/mol. The lowest BCUT2D eigenvalue weighted by Gasteiger charge is -2.17. The minimum Gasteiger partial charge on any atom is -0.381 e. The molecule has 1 aromatic carbocycles. The molecule has 1 aromatic rings. The number of hydrogen-bond donors (Lipinski definition) is 1. The van der Waals surface area contributed by atoms with Gasteiger partial charge in [-0.3, -0.25) is 0 Å². The van der Waals surface area contributed by atoms with Crippen LogP contribution in [0.25, 0.3) is 0 Å². The van der Waals surface area contributed by atoms with Crippen LogP contribution in [0.15, 0.2) is 18.2 Å². The van der Waals surface area contributed by atoms with Gasteiger partial charge in [0, 0.05) is 17.5 Å². The molecule has 0 heterocycles. The van der Waals surface area contributed by atoms with Crippen LogP contribution >= 0.6 is 23.4 Å².